The van der Waals surface area contributed by atoms with E-state index in [0.717, 1.165) is 22.2 Å². The van der Waals surface area contributed by atoms with Gasteiger partial charge in [0.05, 0.1) is 17.7 Å². The monoisotopic (exact) mass is 383 g/mol. The lowest BCUT2D eigenvalue weighted by molar-refractivity contribution is -0.134. The lowest BCUT2D eigenvalue weighted by Gasteiger charge is -2.27. The summed E-state index contributed by atoms with van der Waals surface area (Å²) >= 11 is 1.61. The number of benzene rings is 1. The van der Waals surface area contributed by atoms with Crippen LogP contribution in [0.1, 0.15) is 21.7 Å². The molecule has 4 rings (SSSR count). The highest BCUT2D eigenvalue weighted by Crippen LogP contribution is 2.27. The van der Waals surface area contributed by atoms with Gasteiger partial charge >= 0.3 is 0 Å². The summed E-state index contributed by atoms with van der Waals surface area (Å²) in [5.74, 6) is 1.79. The molecule has 1 aliphatic heterocycles. The zero-order chi connectivity index (χ0) is 19.0. The van der Waals surface area contributed by atoms with Crippen LogP contribution < -0.4 is 0 Å². The van der Waals surface area contributed by atoms with Gasteiger partial charge in [0.15, 0.2) is 0 Å². The Morgan fingerprint density at radius 2 is 2.15 bits per heavy atom. The lowest BCUT2D eigenvalue weighted by atomic mass is 10.1. The van der Waals surface area contributed by atoms with Crippen molar-refractivity contribution in [3.63, 3.8) is 0 Å². The predicted molar refractivity (Wildman–Crippen MR) is 106 cm³/mol. The molecular formula is C20H21N3O3S. The molecular weight excluding hydrogens is 362 g/mol. The predicted octanol–water partition coefficient (Wildman–Crippen LogP) is 3.24. The van der Waals surface area contributed by atoms with Crippen LogP contribution in [-0.2, 0) is 11.3 Å². The summed E-state index contributed by atoms with van der Waals surface area (Å²) in [7, 11) is 1.77. The molecule has 1 aliphatic rings. The van der Waals surface area contributed by atoms with Gasteiger partial charge in [-0.2, -0.15) is 0 Å². The van der Waals surface area contributed by atoms with Crippen molar-refractivity contribution in [2.24, 2.45) is 0 Å². The van der Waals surface area contributed by atoms with E-state index < -0.39 is 6.04 Å². The molecule has 6 nitrogen and oxygen atoms in total. The molecule has 0 saturated carbocycles. The molecule has 3 aromatic rings. The van der Waals surface area contributed by atoms with E-state index in [-0.39, 0.29) is 11.8 Å². The molecule has 27 heavy (non-hydrogen) atoms. The molecule has 0 radical (unpaired) electrons. The zero-order valence-electron chi connectivity index (χ0n) is 15.3. The van der Waals surface area contributed by atoms with Crippen LogP contribution in [0.3, 0.4) is 0 Å². The summed E-state index contributed by atoms with van der Waals surface area (Å²) in [6.07, 6.45) is 3.36. The van der Waals surface area contributed by atoms with Crippen molar-refractivity contribution >= 4 is 34.5 Å². The highest BCUT2D eigenvalue weighted by molar-refractivity contribution is 7.99. The minimum Gasteiger partial charge on any atom is -0.469 e. The molecule has 140 valence electrons. The van der Waals surface area contributed by atoms with Crippen molar-refractivity contribution in [1.29, 1.82) is 0 Å². The van der Waals surface area contributed by atoms with Gasteiger partial charge in [-0.05, 0) is 19.1 Å². The summed E-state index contributed by atoms with van der Waals surface area (Å²) < 4.78 is 5.31. The van der Waals surface area contributed by atoms with Gasteiger partial charge in [0.2, 0.25) is 5.91 Å². The Morgan fingerprint density at radius 1 is 1.33 bits per heavy atom. The third-order valence-electron chi connectivity index (χ3n) is 5.00. The van der Waals surface area contributed by atoms with Crippen LogP contribution in [0.5, 0.6) is 0 Å². The van der Waals surface area contributed by atoms with E-state index in [0.29, 0.717) is 23.7 Å². The molecule has 2 aromatic heterocycles. The van der Waals surface area contributed by atoms with Crippen molar-refractivity contribution in [2.75, 3.05) is 18.7 Å². The Morgan fingerprint density at radius 3 is 2.93 bits per heavy atom. The third-order valence-corrected chi connectivity index (χ3v) is 6.01. The van der Waals surface area contributed by atoms with Gasteiger partial charge in [-0.25, -0.2) is 0 Å². The lowest BCUT2D eigenvalue weighted by Crippen LogP contribution is -2.47. The van der Waals surface area contributed by atoms with Crippen LogP contribution in [0.4, 0.5) is 0 Å². The maximum atomic E-state index is 13.1. The summed E-state index contributed by atoms with van der Waals surface area (Å²) in [5.41, 5.74) is 2.51. The maximum Gasteiger partial charge on any atom is 0.257 e. The molecule has 1 N–H and O–H groups in total. The summed E-state index contributed by atoms with van der Waals surface area (Å²) in [5, 5.41) is 0.882. The number of nitrogens with one attached hydrogen (secondary N) is 1. The Kier molecular flexibility index (Phi) is 4.70. The Bertz CT molecular complexity index is 993. The number of rotatable bonds is 4. The standard InChI is InChI=1S/C20H21N3O3S/c1-13-14(7-8-26-13)10-22(2)20(25)18-11-27-12-23(18)19(24)16-9-21-17-6-4-3-5-15(16)17/h3-9,18,21H,10-12H2,1-2H3/t18-/m0/s1. The molecule has 1 saturated heterocycles. The average Bonchev–Trinajstić information content (AvgIpc) is 3.40. The Labute approximate surface area is 161 Å². The first-order valence-electron chi connectivity index (χ1n) is 8.79. The maximum absolute atomic E-state index is 13.1. The van der Waals surface area contributed by atoms with Gasteiger partial charge in [0, 0.05) is 42.0 Å². The summed E-state index contributed by atoms with van der Waals surface area (Å²) in [6, 6.07) is 9.12. The number of aromatic nitrogens is 1. The number of hydrogen-bond acceptors (Lipinski definition) is 4. The molecule has 1 atom stereocenters. The number of fused-ring (bicyclic) bond motifs is 1. The van der Waals surface area contributed by atoms with Gasteiger partial charge in [0.25, 0.3) is 5.91 Å². The van der Waals surface area contributed by atoms with Crippen molar-refractivity contribution in [3.05, 3.63) is 59.7 Å². The normalized spacial score (nSPS) is 16.8. The van der Waals surface area contributed by atoms with Gasteiger partial charge in [-0.15, -0.1) is 11.8 Å². The van der Waals surface area contributed by atoms with Crippen molar-refractivity contribution in [2.45, 2.75) is 19.5 Å². The van der Waals surface area contributed by atoms with Crippen molar-refractivity contribution in [3.8, 4) is 0 Å². The molecule has 0 unspecified atom stereocenters. The number of aryl methyl sites for hydroxylation is 1. The van der Waals surface area contributed by atoms with E-state index >= 15 is 0 Å². The summed E-state index contributed by atoms with van der Waals surface area (Å²) in [4.78, 5) is 32.6. The molecule has 0 spiro atoms. The van der Waals surface area contributed by atoms with Crippen LogP contribution in [0, 0.1) is 6.92 Å². The van der Waals surface area contributed by atoms with Crippen molar-refractivity contribution in [1.82, 2.24) is 14.8 Å². The average molecular weight is 383 g/mol. The second-order valence-corrected chi connectivity index (χ2v) is 7.73. The molecule has 0 bridgehead atoms. The van der Waals surface area contributed by atoms with E-state index in [1.165, 1.54) is 0 Å². The van der Waals surface area contributed by atoms with Crippen LogP contribution >= 0.6 is 11.8 Å². The minimum absolute atomic E-state index is 0.0474. The van der Waals surface area contributed by atoms with E-state index in [1.54, 1.807) is 41.1 Å². The smallest absolute Gasteiger partial charge is 0.257 e. The summed E-state index contributed by atoms with van der Waals surface area (Å²) in [6.45, 7) is 2.35. The second kappa shape index (κ2) is 7.15. The number of carbonyl (C=O) groups is 2. The number of nitrogens with zero attached hydrogens (tertiary/aromatic N) is 2. The first kappa shape index (κ1) is 17.7. The molecule has 3 heterocycles. The number of aromatic amines is 1. The number of furan rings is 1. The quantitative estimate of drug-likeness (QED) is 0.751. The first-order valence-corrected chi connectivity index (χ1v) is 9.94. The molecule has 2 amide bonds. The van der Waals surface area contributed by atoms with Crippen LogP contribution in [0.2, 0.25) is 0 Å². The molecule has 1 fully saturated rings. The number of hydrogen-bond donors (Lipinski definition) is 1. The van der Waals surface area contributed by atoms with E-state index in [9.17, 15) is 9.59 Å². The molecule has 0 aliphatic carbocycles. The third kappa shape index (κ3) is 3.23. The first-order chi connectivity index (χ1) is 13.1. The highest BCUT2D eigenvalue weighted by atomic mass is 32.2. The topological polar surface area (TPSA) is 69.6 Å². The van der Waals surface area contributed by atoms with Crippen LogP contribution in [0.25, 0.3) is 10.9 Å². The fourth-order valence-corrected chi connectivity index (χ4v) is 4.56. The second-order valence-electron chi connectivity index (χ2n) is 6.73. The number of amides is 2. The number of carbonyl (C=O) groups excluding carboxylic acids is 2. The fraction of sp³-hybridized carbons (Fsp3) is 0.300. The van der Waals surface area contributed by atoms with Gasteiger partial charge < -0.3 is 19.2 Å². The molecule has 7 heteroatoms. The highest BCUT2D eigenvalue weighted by Gasteiger charge is 2.37. The van der Waals surface area contributed by atoms with E-state index in [2.05, 4.69) is 4.98 Å². The van der Waals surface area contributed by atoms with Crippen LogP contribution in [0.15, 0.2) is 47.2 Å². The van der Waals surface area contributed by atoms with Gasteiger partial charge in [-0.1, -0.05) is 18.2 Å². The number of likely N-dealkylation sites (N-methyl/N-ethyl adjacent to an activating group) is 1. The SMILES string of the molecule is Cc1occc1CN(C)C(=O)[C@@H]1CSCN1C(=O)c1c[nH]c2ccccc12. The zero-order valence-corrected chi connectivity index (χ0v) is 16.1. The Hall–Kier alpha value is -2.67. The number of H-pyrrole nitrogens is 1. The Balaban J connectivity index is 1.54. The van der Waals surface area contributed by atoms with E-state index in [1.807, 2.05) is 37.3 Å². The van der Waals surface area contributed by atoms with Crippen molar-refractivity contribution < 1.29 is 14.0 Å². The number of thioether (sulfide) groups is 1. The fourth-order valence-electron chi connectivity index (χ4n) is 3.41. The minimum atomic E-state index is -0.451. The number of para-hydroxylation sites is 1. The van der Waals surface area contributed by atoms with E-state index in [4.69, 9.17) is 4.42 Å². The van der Waals surface area contributed by atoms with Crippen LogP contribution in [-0.4, -0.2) is 51.3 Å². The molecule has 1 aromatic carbocycles. The largest absolute Gasteiger partial charge is 0.469 e. The van der Waals surface area contributed by atoms with Gasteiger partial charge in [-0.3, -0.25) is 9.59 Å². The van der Waals surface area contributed by atoms with Gasteiger partial charge in [0.1, 0.15) is 11.8 Å².